The van der Waals surface area contributed by atoms with Crippen molar-refractivity contribution in [2.24, 2.45) is 0 Å². The Hall–Kier alpha value is -3.74. The highest BCUT2D eigenvalue weighted by molar-refractivity contribution is 6.11. The van der Waals surface area contributed by atoms with Crippen molar-refractivity contribution in [3.63, 3.8) is 0 Å². The maximum atomic E-state index is 13.0. The number of rotatable bonds is 3. The Bertz CT molecular complexity index is 1140. The molecule has 2 aromatic carbocycles. The summed E-state index contributed by atoms with van der Waals surface area (Å²) in [6, 6.07) is 15.9. The molecule has 0 bridgehead atoms. The fraction of sp³-hybridized carbons (Fsp3) is 0.182. The molecule has 3 aromatic rings. The maximum absolute atomic E-state index is 13.0. The molecule has 0 spiro atoms. The second-order valence-corrected chi connectivity index (χ2v) is 6.87. The summed E-state index contributed by atoms with van der Waals surface area (Å²) in [6.07, 6.45) is -1.06. The molecule has 0 saturated heterocycles. The Labute approximate surface area is 167 Å². The Morgan fingerprint density at radius 3 is 2.69 bits per heavy atom. The molecular formula is C22H19N3O4. The van der Waals surface area contributed by atoms with Crippen molar-refractivity contribution in [1.29, 1.82) is 0 Å². The molecule has 4 rings (SSSR count). The van der Waals surface area contributed by atoms with Crippen LogP contribution in [0.5, 0.6) is 0 Å². The lowest BCUT2D eigenvalue weighted by molar-refractivity contribution is -0.128. The fourth-order valence-electron chi connectivity index (χ4n) is 3.40. The molecule has 0 radical (unpaired) electrons. The van der Waals surface area contributed by atoms with Gasteiger partial charge < -0.3 is 10.1 Å². The van der Waals surface area contributed by atoms with Gasteiger partial charge in [-0.05, 0) is 38.1 Å². The van der Waals surface area contributed by atoms with E-state index >= 15 is 0 Å². The van der Waals surface area contributed by atoms with Crippen molar-refractivity contribution in [3.05, 3.63) is 65.9 Å². The zero-order valence-electron chi connectivity index (χ0n) is 16.0. The van der Waals surface area contributed by atoms with E-state index in [4.69, 9.17) is 4.74 Å². The third-order valence-electron chi connectivity index (χ3n) is 4.73. The number of nitrogens with one attached hydrogen (secondary N) is 1. The molecule has 0 aliphatic carbocycles. The number of amides is 2. The van der Waals surface area contributed by atoms with E-state index < -0.39 is 18.0 Å². The highest BCUT2D eigenvalue weighted by Crippen LogP contribution is 2.29. The van der Waals surface area contributed by atoms with Crippen molar-refractivity contribution in [2.75, 3.05) is 16.8 Å². The lowest BCUT2D eigenvalue weighted by Crippen LogP contribution is -2.47. The number of fused-ring (bicyclic) bond motifs is 2. The standard InChI is InChI=1S/C22H19N3O4/c1-13-11-16(15-7-3-4-8-17(15)23-13)22(28)29-14(2)21(27)25-12-20(26)24-18-9-5-6-10-19(18)25/h3-11,14H,12H2,1-2H3,(H,24,26)/t14-/m0/s1. The normalized spacial score (nSPS) is 14.1. The van der Waals surface area contributed by atoms with Crippen molar-refractivity contribution in [2.45, 2.75) is 20.0 Å². The van der Waals surface area contributed by atoms with Crippen LogP contribution in [0.3, 0.4) is 0 Å². The van der Waals surface area contributed by atoms with Crippen LogP contribution in [0.1, 0.15) is 23.0 Å². The number of aryl methyl sites for hydroxylation is 1. The van der Waals surface area contributed by atoms with Crippen LogP contribution in [0.15, 0.2) is 54.6 Å². The number of hydrogen-bond acceptors (Lipinski definition) is 5. The van der Waals surface area contributed by atoms with Gasteiger partial charge in [-0.25, -0.2) is 4.79 Å². The van der Waals surface area contributed by atoms with Crippen LogP contribution in [0.25, 0.3) is 10.9 Å². The van der Waals surface area contributed by atoms with Gasteiger partial charge in [0.2, 0.25) is 5.91 Å². The number of anilines is 2. The number of pyridine rings is 1. The molecule has 0 saturated carbocycles. The highest BCUT2D eigenvalue weighted by atomic mass is 16.5. The Morgan fingerprint density at radius 2 is 1.86 bits per heavy atom. The van der Waals surface area contributed by atoms with Crippen molar-refractivity contribution in [1.82, 2.24) is 4.98 Å². The minimum atomic E-state index is -1.06. The lowest BCUT2D eigenvalue weighted by Gasteiger charge is -2.30. The SMILES string of the molecule is Cc1cc(C(=O)O[C@@H](C)C(=O)N2CC(=O)Nc3ccccc32)c2ccccc2n1. The number of benzene rings is 2. The fourth-order valence-corrected chi connectivity index (χ4v) is 3.40. The van der Waals surface area contributed by atoms with Crippen LogP contribution in [-0.4, -0.2) is 35.4 Å². The minimum absolute atomic E-state index is 0.130. The topological polar surface area (TPSA) is 88.6 Å². The summed E-state index contributed by atoms with van der Waals surface area (Å²) in [5.74, 6) is -1.37. The van der Waals surface area contributed by atoms with E-state index in [-0.39, 0.29) is 12.5 Å². The summed E-state index contributed by atoms with van der Waals surface area (Å²) < 4.78 is 5.48. The molecule has 1 aliphatic rings. The Balaban J connectivity index is 1.59. The molecule has 1 atom stereocenters. The summed E-state index contributed by atoms with van der Waals surface area (Å²) in [6.45, 7) is 3.17. The van der Waals surface area contributed by atoms with Crippen LogP contribution < -0.4 is 10.2 Å². The minimum Gasteiger partial charge on any atom is -0.449 e. The monoisotopic (exact) mass is 389 g/mol. The number of hydrogen-bond donors (Lipinski definition) is 1. The Kier molecular flexibility index (Phi) is 4.72. The van der Waals surface area contributed by atoms with Gasteiger partial charge in [0.25, 0.3) is 5.91 Å². The van der Waals surface area contributed by atoms with E-state index in [2.05, 4.69) is 10.3 Å². The predicted octanol–water partition coefficient (Wildman–Crippen LogP) is 3.07. The lowest BCUT2D eigenvalue weighted by atomic mass is 10.1. The van der Waals surface area contributed by atoms with Crippen LogP contribution in [-0.2, 0) is 14.3 Å². The second-order valence-electron chi connectivity index (χ2n) is 6.87. The van der Waals surface area contributed by atoms with E-state index in [0.29, 0.717) is 33.5 Å². The summed E-state index contributed by atoms with van der Waals surface area (Å²) in [4.78, 5) is 43.5. The first-order valence-electron chi connectivity index (χ1n) is 9.21. The summed E-state index contributed by atoms with van der Waals surface area (Å²) in [7, 11) is 0. The van der Waals surface area contributed by atoms with Gasteiger partial charge >= 0.3 is 5.97 Å². The molecule has 1 N–H and O–H groups in total. The van der Waals surface area contributed by atoms with Gasteiger partial charge in [-0.2, -0.15) is 0 Å². The molecule has 2 heterocycles. The second kappa shape index (κ2) is 7.35. The molecule has 146 valence electrons. The van der Waals surface area contributed by atoms with E-state index in [9.17, 15) is 14.4 Å². The number of esters is 1. The number of carbonyl (C=O) groups excluding carboxylic acids is 3. The number of ether oxygens (including phenoxy) is 1. The van der Waals surface area contributed by atoms with Crippen LogP contribution in [0, 0.1) is 6.92 Å². The number of aromatic nitrogens is 1. The predicted molar refractivity (Wildman–Crippen MR) is 109 cm³/mol. The van der Waals surface area contributed by atoms with Gasteiger partial charge in [-0.15, -0.1) is 0 Å². The first kappa shape index (κ1) is 18.6. The van der Waals surface area contributed by atoms with Crippen LogP contribution >= 0.6 is 0 Å². The first-order chi connectivity index (χ1) is 13.9. The first-order valence-corrected chi connectivity index (χ1v) is 9.21. The van der Waals surface area contributed by atoms with Crippen LogP contribution in [0.4, 0.5) is 11.4 Å². The molecule has 1 aliphatic heterocycles. The van der Waals surface area contributed by atoms with Gasteiger partial charge in [0.1, 0.15) is 6.54 Å². The molecule has 1 aromatic heterocycles. The average Bonchev–Trinajstić information content (AvgIpc) is 2.71. The maximum Gasteiger partial charge on any atom is 0.339 e. The quantitative estimate of drug-likeness (QED) is 0.696. The molecule has 2 amide bonds. The molecular weight excluding hydrogens is 370 g/mol. The molecule has 29 heavy (non-hydrogen) atoms. The molecule has 7 heteroatoms. The summed E-state index contributed by atoms with van der Waals surface area (Å²) in [5.41, 5.74) is 2.83. The number of carbonyl (C=O) groups is 3. The molecule has 7 nitrogen and oxygen atoms in total. The number of para-hydroxylation sites is 3. The molecule has 0 fully saturated rings. The average molecular weight is 389 g/mol. The van der Waals surface area contributed by atoms with Gasteiger partial charge in [0.15, 0.2) is 6.10 Å². The zero-order valence-corrected chi connectivity index (χ0v) is 16.0. The smallest absolute Gasteiger partial charge is 0.339 e. The van der Waals surface area contributed by atoms with Crippen LogP contribution in [0.2, 0.25) is 0 Å². The highest BCUT2D eigenvalue weighted by Gasteiger charge is 2.31. The van der Waals surface area contributed by atoms with Crippen molar-refractivity contribution < 1.29 is 19.1 Å². The third-order valence-corrected chi connectivity index (χ3v) is 4.73. The van der Waals surface area contributed by atoms with E-state index in [0.717, 1.165) is 0 Å². The third kappa shape index (κ3) is 3.54. The Morgan fingerprint density at radius 1 is 1.14 bits per heavy atom. The molecule has 0 unspecified atom stereocenters. The van der Waals surface area contributed by atoms with E-state index in [1.165, 1.54) is 11.8 Å². The van der Waals surface area contributed by atoms with Gasteiger partial charge in [-0.3, -0.25) is 19.5 Å². The van der Waals surface area contributed by atoms with E-state index in [1.54, 1.807) is 43.3 Å². The van der Waals surface area contributed by atoms with Gasteiger partial charge in [0, 0.05) is 11.1 Å². The van der Waals surface area contributed by atoms with E-state index in [1.807, 2.05) is 18.2 Å². The zero-order chi connectivity index (χ0) is 20.5. The number of nitrogens with zero attached hydrogens (tertiary/aromatic N) is 2. The van der Waals surface area contributed by atoms with Gasteiger partial charge in [-0.1, -0.05) is 30.3 Å². The van der Waals surface area contributed by atoms with Gasteiger partial charge in [0.05, 0.1) is 22.5 Å². The van der Waals surface area contributed by atoms with Crippen molar-refractivity contribution >= 4 is 40.1 Å². The summed E-state index contributed by atoms with van der Waals surface area (Å²) >= 11 is 0. The van der Waals surface area contributed by atoms with Crippen molar-refractivity contribution in [3.8, 4) is 0 Å². The largest absolute Gasteiger partial charge is 0.449 e. The summed E-state index contributed by atoms with van der Waals surface area (Å²) in [5, 5.41) is 3.39.